The van der Waals surface area contributed by atoms with Crippen LogP contribution in [0.3, 0.4) is 0 Å². The number of aromatic amines is 1. The summed E-state index contributed by atoms with van der Waals surface area (Å²) in [6.45, 7) is 1.68. The fourth-order valence-corrected chi connectivity index (χ4v) is 1.96. The molecule has 0 spiro atoms. The van der Waals surface area contributed by atoms with Gasteiger partial charge in [-0.1, -0.05) is 6.07 Å². The van der Waals surface area contributed by atoms with Crippen molar-refractivity contribution in [3.8, 4) is 0 Å². The molecule has 1 atom stereocenters. The highest BCUT2D eigenvalue weighted by molar-refractivity contribution is 7.99. The molecule has 0 unspecified atom stereocenters. The van der Waals surface area contributed by atoms with Gasteiger partial charge in [0.25, 0.3) is 0 Å². The van der Waals surface area contributed by atoms with E-state index in [2.05, 4.69) is 15.2 Å². The van der Waals surface area contributed by atoms with Gasteiger partial charge in [0, 0.05) is 13.2 Å². The predicted octanol–water partition coefficient (Wildman–Crippen LogP) is 0.708. The van der Waals surface area contributed by atoms with Crippen molar-refractivity contribution in [3.05, 3.63) is 34.4 Å². The van der Waals surface area contributed by atoms with Crippen LogP contribution < -0.4 is 5.69 Å². The van der Waals surface area contributed by atoms with E-state index in [1.807, 2.05) is 0 Å². The van der Waals surface area contributed by atoms with Crippen LogP contribution in [0.25, 0.3) is 0 Å². The number of nitrogens with zero attached hydrogens (tertiary/aromatic N) is 3. The minimum Gasteiger partial charge on any atom is -0.389 e. The minimum atomic E-state index is -0.531. The van der Waals surface area contributed by atoms with Crippen molar-refractivity contribution in [1.29, 1.82) is 0 Å². The Labute approximate surface area is 102 Å². The zero-order valence-electron chi connectivity index (χ0n) is 9.41. The summed E-state index contributed by atoms with van der Waals surface area (Å²) in [7, 11) is 1.64. The number of aliphatic hydroxyl groups is 1. The topological polar surface area (TPSA) is 83.8 Å². The standard InChI is InChI=1S/C10H12N4O2S/c1-6(15)7-3-4-8(11-5-7)17-10-13-12-9(16)14(10)2/h3-6,15H,1-2H3,(H,12,16)/t6-/m0/s1. The van der Waals surface area contributed by atoms with E-state index in [-0.39, 0.29) is 5.69 Å². The lowest BCUT2D eigenvalue weighted by molar-refractivity contribution is 0.198. The Kier molecular flexibility index (Phi) is 3.30. The van der Waals surface area contributed by atoms with Gasteiger partial charge in [-0.05, 0) is 30.3 Å². The first kappa shape index (κ1) is 11.9. The van der Waals surface area contributed by atoms with E-state index in [1.54, 1.807) is 32.3 Å². The first-order valence-corrected chi connectivity index (χ1v) is 5.83. The summed E-state index contributed by atoms with van der Waals surface area (Å²) < 4.78 is 1.41. The average Bonchev–Trinajstić information content (AvgIpc) is 2.62. The summed E-state index contributed by atoms with van der Waals surface area (Å²) in [6, 6.07) is 3.58. The highest BCUT2D eigenvalue weighted by atomic mass is 32.2. The van der Waals surface area contributed by atoms with Crippen molar-refractivity contribution >= 4 is 11.8 Å². The maximum Gasteiger partial charge on any atom is 0.343 e. The number of H-pyrrole nitrogens is 1. The molecule has 2 aromatic heterocycles. The van der Waals surface area contributed by atoms with Crippen LogP contribution in [0, 0.1) is 0 Å². The largest absolute Gasteiger partial charge is 0.389 e. The van der Waals surface area contributed by atoms with Crippen molar-refractivity contribution < 1.29 is 5.11 Å². The number of pyridine rings is 1. The summed E-state index contributed by atoms with van der Waals surface area (Å²) in [6.07, 6.45) is 1.08. The molecule has 0 aliphatic heterocycles. The van der Waals surface area contributed by atoms with Gasteiger partial charge in [0.05, 0.1) is 6.10 Å². The van der Waals surface area contributed by atoms with Gasteiger partial charge in [-0.15, -0.1) is 5.10 Å². The molecule has 7 heteroatoms. The van der Waals surface area contributed by atoms with Crippen LogP contribution >= 0.6 is 11.8 Å². The van der Waals surface area contributed by atoms with E-state index in [4.69, 9.17) is 0 Å². The Morgan fingerprint density at radius 2 is 2.29 bits per heavy atom. The number of aliphatic hydroxyl groups excluding tert-OH is 1. The van der Waals surface area contributed by atoms with Gasteiger partial charge in [-0.2, -0.15) is 0 Å². The Morgan fingerprint density at radius 1 is 1.53 bits per heavy atom. The maximum absolute atomic E-state index is 11.2. The van der Waals surface area contributed by atoms with Gasteiger partial charge in [0.2, 0.25) is 0 Å². The molecule has 0 aliphatic rings. The molecule has 2 heterocycles. The Morgan fingerprint density at radius 3 is 2.76 bits per heavy atom. The molecule has 0 bridgehead atoms. The zero-order valence-corrected chi connectivity index (χ0v) is 10.2. The molecule has 6 nitrogen and oxygen atoms in total. The fraction of sp³-hybridized carbons (Fsp3) is 0.300. The van der Waals surface area contributed by atoms with E-state index in [9.17, 15) is 9.90 Å². The van der Waals surface area contributed by atoms with Crippen LogP contribution in [0.5, 0.6) is 0 Å². The Hall–Kier alpha value is -1.60. The normalized spacial score (nSPS) is 12.6. The van der Waals surface area contributed by atoms with Crippen LogP contribution in [0.1, 0.15) is 18.6 Å². The highest BCUT2D eigenvalue weighted by Gasteiger charge is 2.08. The lowest BCUT2D eigenvalue weighted by atomic mass is 10.2. The molecule has 0 aromatic carbocycles. The van der Waals surface area contributed by atoms with Crippen LogP contribution in [0.2, 0.25) is 0 Å². The SMILES string of the molecule is C[C@H](O)c1ccc(Sc2n[nH]c(=O)n2C)nc1. The second-order valence-corrected chi connectivity index (χ2v) is 4.57. The molecule has 2 aromatic rings. The van der Waals surface area contributed by atoms with Crippen LogP contribution in [-0.4, -0.2) is 24.9 Å². The van der Waals surface area contributed by atoms with Crippen molar-refractivity contribution in [2.75, 3.05) is 0 Å². The molecule has 0 radical (unpaired) electrons. The van der Waals surface area contributed by atoms with Crippen molar-refractivity contribution in [3.63, 3.8) is 0 Å². The monoisotopic (exact) mass is 252 g/mol. The predicted molar refractivity (Wildman–Crippen MR) is 62.8 cm³/mol. The third-order valence-corrected chi connectivity index (χ3v) is 3.27. The zero-order chi connectivity index (χ0) is 12.4. The maximum atomic E-state index is 11.2. The quantitative estimate of drug-likeness (QED) is 0.840. The summed E-state index contributed by atoms with van der Waals surface area (Å²) in [5, 5.41) is 16.8. The lowest BCUT2D eigenvalue weighted by Gasteiger charge is -2.04. The number of nitrogens with one attached hydrogen (secondary N) is 1. The first-order valence-electron chi connectivity index (χ1n) is 5.01. The summed E-state index contributed by atoms with van der Waals surface area (Å²) in [5.74, 6) is 0. The molecule has 2 N–H and O–H groups in total. The lowest BCUT2D eigenvalue weighted by Crippen LogP contribution is -2.12. The van der Waals surface area contributed by atoms with Gasteiger partial charge < -0.3 is 5.11 Å². The average molecular weight is 252 g/mol. The Bertz CT molecular complexity index is 558. The molecule has 0 aliphatic carbocycles. The first-order chi connectivity index (χ1) is 8.08. The smallest absolute Gasteiger partial charge is 0.343 e. The third-order valence-electron chi connectivity index (χ3n) is 2.28. The van der Waals surface area contributed by atoms with Gasteiger partial charge in [-0.3, -0.25) is 4.57 Å². The second kappa shape index (κ2) is 4.72. The molecule has 0 amide bonds. The molecular formula is C10H12N4O2S. The van der Waals surface area contributed by atoms with E-state index in [1.165, 1.54) is 16.3 Å². The minimum absolute atomic E-state index is 0.256. The highest BCUT2D eigenvalue weighted by Crippen LogP contribution is 2.23. The Balaban J connectivity index is 2.19. The van der Waals surface area contributed by atoms with E-state index in [0.29, 0.717) is 5.16 Å². The van der Waals surface area contributed by atoms with Crippen molar-refractivity contribution in [1.82, 2.24) is 19.7 Å². The fourth-order valence-electron chi connectivity index (χ4n) is 1.22. The molecule has 2 rings (SSSR count). The van der Waals surface area contributed by atoms with Crippen LogP contribution in [0.15, 0.2) is 33.3 Å². The summed E-state index contributed by atoms with van der Waals surface area (Å²) in [5.41, 5.74) is 0.498. The summed E-state index contributed by atoms with van der Waals surface area (Å²) in [4.78, 5) is 15.3. The number of rotatable bonds is 3. The van der Waals surface area contributed by atoms with E-state index in [0.717, 1.165) is 10.6 Å². The third kappa shape index (κ3) is 2.56. The molecule has 17 heavy (non-hydrogen) atoms. The van der Waals surface area contributed by atoms with Crippen LogP contribution in [-0.2, 0) is 7.05 Å². The van der Waals surface area contributed by atoms with Crippen molar-refractivity contribution in [2.24, 2.45) is 7.05 Å². The van der Waals surface area contributed by atoms with Crippen LogP contribution in [0.4, 0.5) is 0 Å². The van der Waals surface area contributed by atoms with Crippen molar-refractivity contribution in [2.45, 2.75) is 23.2 Å². The number of aromatic nitrogens is 4. The summed E-state index contributed by atoms with van der Waals surface area (Å²) >= 11 is 1.28. The molecule has 0 saturated carbocycles. The molecule has 90 valence electrons. The van der Waals surface area contributed by atoms with E-state index >= 15 is 0 Å². The van der Waals surface area contributed by atoms with Gasteiger partial charge in [-0.25, -0.2) is 14.9 Å². The molecule has 0 fully saturated rings. The number of hydrogen-bond donors (Lipinski definition) is 2. The molecule has 0 saturated heterocycles. The van der Waals surface area contributed by atoms with Gasteiger partial charge in [0.15, 0.2) is 5.16 Å². The van der Waals surface area contributed by atoms with Gasteiger partial charge >= 0.3 is 5.69 Å². The number of hydrogen-bond acceptors (Lipinski definition) is 5. The van der Waals surface area contributed by atoms with Gasteiger partial charge in [0.1, 0.15) is 5.03 Å². The second-order valence-electron chi connectivity index (χ2n) is 3.58. The van der Waals surface area contributed by atoms with E-state index < -0.39 is 6.10 Å². The molecular weight excluding hydrogens is 240 g/mol.